The zero-order valence-electron chi connectivity index (χ0n) is 15.1. The maximum atomic E-state index is 12.3. The second kappa shape index (κ2) is 8.80. The highest BCUT2D eigenvalue weighted by Crippen LogP contribution is 2.26. The van der Waals surface area contributed by atoms with Gasteiger partial charge in [-0.2, -0.15) is 0 Å². The number of nitrogens with zero attached hydrogens (tertiary/aromatic N) is 1. The van der Waals surface area contributed by atoms with E-state index >= 15 is 0 Å². The molecule has 0 aromatic heterocycles. The van der Waals surface area contributed by atoms with E-state index in [0.717, 1.165) is 20.3 Å². The van der Waals surface area contributed by atoms with Crippen molar-refractivity contribution >= 4 is 52.1 Å². The van der Waals surface area contributed by atoms with Gasteiger partial charge in [-0.1, -0.05) is 41.9 Å². The van der Waals surface area contributed by atoms with E-state index in [1.807, 2.05) is 72.8 Å². The number of rotatable bonds is 5. The molecule has 0 N–H and O–H groups in total. The van der Waals surface area contributed by atoms with E-state index in [1.165, 1.54) is 0 Å². The third kappa shape index (κ3) is 4.86. The van der Waals surface area contributed by atoms with Gasteiger partial charge in [0.25, 0.3) is 0 Å². The molecule has 0 atom stereocenters. The van der Waals surface area contributed by atoms with Gasteiger partial charge in [-0.25, -0.2) is 9.79 Å². The first-order chi connectivity index (χ1) is 14.1. The zero-order valence-corrected chi connectivity index (χ0v) is 18.1. The van der Waals surface area contributed by atoms with E-state index in [4.69, 9.17) is 21.1 Å². The predicted octanol–water partition coefficient (Wildman–Crippen LogP) is 5.87. The number of hydrogen-bond acceptors (Lipinski definition) is 4. The van der Waals surface area contributed by atoms with Crippen molar-refractivity contribution in [3.8, 4) is 5.75 Å². The topological polar surface area (TPSA) is 47.9 Å². The summed E-state index contributed by atoms with van der Waals surface area (Å²) in [6.07, 6.45) is 1.68. The average molecular weight is 516 g/mol. The minimum atomic E-state index is -0.481. The molecule has 0 fully saturated rings. The van der Waals surface area contributed by atoms with Crippen molar-refractivity contribution in [2.45, 2.75) is 6.61 Å². The summed E-state index contributed by atoms with van der Waals surface area (Å²) in [6.45, 7) is 0.388. The first kappa shape index (κ1) is 19.7. The van der Waals surface area contributed by atoms with E-state index in [9.17, 15) is 4.79 Å². The van der Waals surface area contributed by atoms with E-state index < -0.39 is 5.97 Å². The lowest BCUT2D eigenvalue weighted by molar-refractivity contribution is -0.129. The van der Waals surface area contributed by atoms with Crippen LogP contribution in [-0.2, 0) is 16.1 Å². The molecule has 1 aliphatic rings. The summed E-state index contributed by atoms with van der Waals surface area (Å²) in [7, 11) is 0. The van der Waals surface area contributed by atoms with Crippen LogP contribution in [0.25, 0.3) is 6.08 Å². The molecule has 0 amide bonds. The van der Waals surface area contributed by atoms with Crippen LogP contribution in [-0.4, -0.2) is 11.9 Å². The van der Waals surface area contributed by atoms with Crippen LogP contribution in [0.1, 0.15) is 16.7 Å². The Morgan fingerprint density at radius 2 is 1.72 bits per heavy atom. The van der Waals surface area contributed by atoms with Crippen molar-refractivity contribution < 1.29 is 14.3 Å². The zero-order chi connectivity index (χ0) is 20.2. The van der Waals surface area contributed by atoms with Gasteiger partial charge in [-0.3, -0.25) is 0 Å². The Hall–Kier alpha value is -2.64. The molecule has 0 aliphatic carbocycles. The monoisotopic (exact) mass is 515 g/mol. The highest BCUT2D eigenvalue weighted by Gasteiger charge is 2.24. The van der Waals surface area contributed by atoms with Gasteiger partial charge in [-0.05, 0) is 76.7 Å². The number of benzene rings is 3. The average Bonchev–Trinajstić information content (AvgIpc) is 3.09. The maximum Gasteiger partial charge on any atom is 0.363 e. The Bertz CT molecular complexity index is 1110. The molecule has 3 aromatic carbocycles. The van der Waals surface area contributed by atoms with Gasteiger partial charge >= 0.3 is 5.97 Å². The summed E-state index contributed by atoms with van der Waals surface area (Å²) in [5.74, 6) is 0.476. The van der Waals surface area contributed by atoms with E-state index in [1.54, 1.807) is 6.08 Å². The van der Waals surface area contributed by atoms with Gasteiger partial charge in [0.15, 0.2) is 5.70 Å². The van der Waals surface area contributed by atoms with Gasteiger partial charge in [0.05, 0.1) is 0 Å². The molecule has 144 valence electrons. The predicted molar refractivity (Wildman–Crippen MR) is 122 cm³/mol. The lowest BCUT2D eigenvalue weighted by atomic mass is 10.1. The molecule has 4 nitrogen and oxygen atoms in total. The number of carbonyl (C=O) groups is 1. The van der Waals surface area contributed by atoms with Gasteiger partial charge in [0, 0.05) is 19.7 Å². The van der Waals surface area contributed by atoms with Crippen LogP contribution >= 0.6 is 34.2 Å². The molecule has 0 unspecified atom stereocenters. The van der Waals surface area contributed by atoms with Crippen molar-refractivity contribution in [2.75, 3.05) is 0 Å². The molecular weight excluding hydrogens is 501 g/mol. The number of para-hydroxylation sites is 1. The Kier molecular flexibility index (Phi) is 5.97. The first-order valence-electron chi connectivity index (χ1n) is 8.83. The number of carbonyl (C=O) groups excluding carboxylic acids is 1. The van der Waals surface area contributed by atoms with Crippen LogP contribution in [0, 0.1) is 3.57 Å². The summed E-state index contributed by atoms with van der Waals surface area (Å²) in [5.41, 5.74) is 2.74. The molecule has 1 heterocycles. The second-order valence-corrected chi connectivity index (χ2v) is 7.98. The van der Waals surface area contributed by atoms with E-state index in [0.29, 0.717) is 23.3 Å². The molecule has 0 spiro atoms. The smallest absolute Gasteiger partial charge is 0.363 e. The van der Waals surface area contributed by atoms with Crippen molar-refractivity contribution in [1.82, 2.24) is 0 Å². The molecule has 0 saturated carbocycles. The second-order valence-electron chi connectivity index (χ2n) is 6.30. The van der Waals surface area contributed by atoms with Crippen molar-refractivity contribution in [3.63, 3.8) is 0 Å². The number of esters is 1. The van der Waals surface area contributed by atoms with Crippen LogP contribution in [0.2, 0.25) is 5.02 Å². The largest absolute Gasteiger partial charge is 0.488 e. The molecule has 0 bridgehead atoms. The van der Waals surface area contributed by atoms with Gasteiger partial charge < -0.3 is 9.47 Å². The van der Waals surface area contributed by atoms with Crippen molar-refractivity contribution in [1.29, 1.82) is 0 Å². The highest BCUT2D eigenvalue weighted by atomic mass is 127. The van der Waals surface area contributed by atoms with Gasteiger partial charge in [-0.15, -0.1) is 0 Å². The normalized spacial score (nSPS) is 14.6. The SMILES string of the molecule is O=C1OC(c2ccc(I)cc2)=N/C1=C\c1ccccc1OCc1ccc(Cl)cc1. The molecule has 1 aliphatic heterocycles. The Morgan fingerprint density at radius 3 is 2.48 bits per heavy atom. The van der Waals surface area contributed by atoms with E-state index in [-0.39, 0.29) is 5.70 Å². The number of ether oxygens (including phenoxy) is 2. The quantitative estimate of drug-likeness (QED) is 0.243. The van der Waals surface area contributed by atoms with Crippen LogP contribution in [0.3, 0.4) is 0 Å². The summed E-state index contributed by atoms with van der Waals surface area (Å²) >= 11 is 8.14. The molecule has 4 rings (SSSR count). The molecule has 3 aromatic rings. The van der Waals surface area contributed by atoms with Gasteiger partial charge in [0.2, 0.25) is 5.90 Å². The Morgan fingerprint density at radius 1 is 1.00 bits per heavy atom. The van der Waals surface area contributed by atoms with Crippen molar-refractivity contribution in [2.24, 2.45) is 4.99 Å². The summed E-state index contributed by atoms with van der Waals surface area (Å²) < 4.78 is 12.4. The molecular formula is C23H15ClINO3. The molecule has 29 heavy (non-hydrogen) atoms. The van der Waals surface area contributed by atoms with Crippen molar-refractivity contribution in [3.05, 3.63) is 104 Å². The lowest BCUT2D eigenvalue weighted by Crippen LogP contribution is -2.05. The summed E-state index contributed by atoms with van der Waals surface area (Å²) in [4.78, 5) is 16.7. The lowest BCUT2D eigenvalue weighted by Gasteiger charge is -2.09. The summed E-state index contributed by atoms with van der Waals surface area (Å²) in [5, 5.41) is 0.681. The third-order valence-corrected chi connectivity index (χ3v) is 5.20. The fourth-order valence-corrected chi connectivity index (χ4v) is 3.23. The molecule has 0 radical (unpaired) electrons. The molecule has 0 saturated heterocycles. The van der Waals surface area contributed by atoms with E-state index in [2.05, 4.69) is 27.6 Å². The van der Waals surface area contributed by atoms with Gasteiger partial charge in [0.1, 0.15) is 12.4 Å². The number of hydrogen-bond donors (Lipinski definition) is 0. The Labute approximate surface area is 187 Å². The minimum absolute atomic E-state index is 0.237. The summed E-state index contributed by atoms with van der Waals surface area (Å²) in [6, 6.07) is 22.6. The van der Waals surface area contributed by atoms with Crippen LogP contribution in [0.4, 0.5) is 0 Å². The minimum Gasteiger partial charge on any atom is -0.488 e. The number of cyclic esters (lactones) is 1. The fourth-order valence-electron chi connectivity index (χ4n) is 2.75. The number of halogens is 2. The fraction of sp³-hybridized carbons (Fsp3) is 0.0435. The molecule has 6 heteroatoms. The van der Waals surface area contributed by atoms with Crippen LogP contribution in [0.5, 0.6) is 5.75 Å². The Balaban J connectivity index is 1.56. The maximum absolute atomic E-state index is 12.3. The number of aliphatic imine (C=N–C) groups is 1. The first-order valence-corrected chi connectivity index (χ1v) is 10.3. The van der Waals surface area contributed by atoms with Crippen LogP contribution in [0.15, 0.2) is 83.5 Å². The standard InChI is InChI=1S/C23H15ClINO3/c24-18-9-5-15(6-10-18)14-28-21-4-2-1-3-17(21)13-20-23(27)29-22(26-20)16-7-11-19(25)12-8-16/h1-13H,14H2/b20-13-. The highest BCUT2D eigenvalue weighted by molar-refractivity contribution is 14.1. The third-order valence-electron chi connectivity index (χ3n) is 4.23. The van der Waals surface area contributed by atoms with Crippen LogP contribution < -0.4 is 4.74 Å².